The van der Waals surface area contributed by atoms with Crippen molar-refractivity contribution in [1.29, 1.82) is 0 Å². The second kappa shape index (κ2) is 7.98. The van der Waals surface area contributed by atoms with E-state index in [2.05, 4.69) is 0 Å². The van der Waals surface area contributed by atoms with Crippen LogP contribution in [0.3, 0.4) is 0 Å². The van der Waals surface area contributed by atoms with Crippen LogP contribution >= 0.6 is 0 Å². The van der Waals surface area contributed by atoms with E-state index in [1.165, 1.54) is 37.8 Å². The van der Waals surface area contributed by atoms with Gasteiger partial charge in [-0.05, 0) is 24.9 Å². The normalized spacial score (nSPS) is 28.0. The summed E-state index contributed by atoms with van der Waals surface area (Å²) in [6.07, 6.45) is 5.50. The van der Waals surface area contributed by atoms with E-state index in [0.717, 1.165) is 13.2 Å². The van der Waals surface area contributed by atoms with Crippen molar-refractivity contribution < 1.29 is 8.85 Å². The summed E-state index contributed by atoms with van der Waals surface area (Å²) in [5, 5.41) is 0. The third-order valence-electron chi connectivity index (χ3n) is 2.15. The van der Waals surface area contributed by atoms with Gasteiger partial charge in [-0.2, -0.15) is 0 Å². The Morgan fingerprint density at radius 2 is 1.17 bits per heavy atom. The molecule has 0 bridgehead atoms. The van der Waals surface area contributed by atoms with E-state index in [0.29, 0.717) is 0 Å². The second-order valence-electron chi connectivity index (χ2n) is 3.35. The summed E-state index contributed by atoms with van der Waals surface area (Å²) in [5.41, 5.74) is 0. The maximum Gasteiger partial charge on any atom is 0.161 e. The zero-order valence-electron chi connectivity index (χ0n) is 7.89. The van der Waals surface area contributed by atoms with Crippen molar-refractivity contribution in [1.82, 2.24) is 0 Å². The summed E-state index contributed by atoms with van der Waals surface area (Å²) in [6.45, 7) is 2.12. The first-order valence-corrected chi connectivity index (χ1v) is 8.31. The lowest BCUT2D eigenvalue weighted by Gasteiger charge is -2.07. The molecule has 0 spiro atoms. The Hall–Kier alpha value is 0.354. The first-order valence-electron chi connectivity index (χ1n) is 5.15. The molecule has 2 aliphatic heterocycles. The molecule has 0 aromatic heterocycles. The Bertz CT molecular complexity index is 58.0. The molecule has 0 atom stereocenters. The summed E-state index contributed by atoms with van der Waals surface area (Å²) in [4.78, 5) is 0. The van der Waals surface area contributed by atoms with Crippen LogP contribution in [0.15, 0.2) is 0 Å². The molecule has 0 amide bonds. The van der Waals surface area contributed by atoms with Crippen molar-refractivity contribution >= 4 is 19.5 Å². The summed E-state index contributed by atoms with van der Waals surface area (Å²) in [7, 11) is 0.0170. The summed E-state index contributed by atoms with van der Waals surface area (Å²) >= 11 is 0. The third-order valence-corrected chi connectivity index (χ3v) is 4.89. The molecule has 72 valence electrons. The van der Waals surface area contributed by atoms with Gasteiger partial charge in [0, 0.05) is 13.2 Å². The number of hydrogen-bond acceptors (Lipinski definition) is 2. The third kappa shape index (κ3) is 5.94. The second-order valence-corrected chi connectivity index (χ2v) is 6.39. The molecule has 2 nitrogen and oxygen atoms in total. The highest BCUT2D eigenvalue weighted by atomic mass is 28.2. The fourth-order valence-corrected chi connectivity index (χ4v) is 3.71. The molecule has 2 heterocycles. The molecular formula is C8H20O2Si2. The van der Waals surface area contributed by atoms with E-state index >= 15 is 0 Å². The van der Waals surface area contributed by atoms with Gasteiger partial charge >= 0.3 is 0 Å². The zero-order valence-corrected chi connectivity index (χ0v) is 10.7. The molecule has 12 heavy (non-hydrogen) atoms. The molecule has 2 fully saturated rings. The van der Waals surface area contributed by atoms with Gasteiger partial charge in [0.05, 0.1) is 0 Å². The van der Waals surface area contributed by atoms with Crippen molar-refractivity contribution in [2.24, 2.45) is 0 Å². The highest BCUT2D eigenvalue weighted by molar-refractivity contribution is 6.27. The van der Waals surface area contributed by atoms with Gasteiger partial charge in [0.1, 0.15) is 0 Å². The van der Waals surface area contributed by atoms with Gasteiger partial charge < -0.3 is 8.85 Å². The minimum Gasteiger partial charge on any atom is -0.424 e. The van der Waals surface area contributed by atoms with Crippen molar-refractivity contribution in [3.05, 3.63) is 0 Å². The van der Waals surface area contributed by atoms with Crippen LogP contribution < -0.4 is 0 Å². The molecule has 0 aromatic rings. The standard InChI is InChI=1S/2C4H10OSi/c2*1-2-4-6-5-3-1/h2*1-4,6H2. The van der Waals surface area contributed by atoms with Crippen LogP contribution in [0.5, 0.6) is 0 Å². The molecule has 4 heteroatoms. The number of hydrogen-bond donors (Lipinski definition) is 0. The molecular weight excluding hydrogens is 184 g/mol. The Morgan fingerprint density at radius 3 is 1.25 bits per heavy atom. The van der Waals surface area contributed by atoms with Gasteiger partial charge in [0.25, 0.3) is 0 Å². The lowest BCUT2D eigenvalue weighted by atomic mass is 10.4. The van der Waals surface area contributed by atoms with Crippen molar-refractivity contribution in [2.45, 2.75) is 37.8 Å². The summed E-state index contributed by atoms with van der Waals surface area (Å²) < 4.78 is 10.4. The Labute approximate surface area is 79.9 Å². The average molecular weight is 204 g/mol. The predicted molar refractivity (Wildman–Crippen MR) is 57.1 cm³/mol. The van der Waals surface area contributed by atoms with Crippen molar-refractivity contribution in [3.63, 3.8) is 0 Å². The fraction of sp³-hybridized carbons (Fsp3) is 1.00. The van der Waals surface area contributed by atoms with E-state index in [4.69, 9.17) is 8.85 Å². The Morgan fingerprint density at radius 1 is 0.667 bits per heavy atom. The van der Waals surface area contributed by atoms with Crippen LogP contribution in [0.25, 0.3) is 0 Å². The predicted octanol–water partition coefficient (Wildman–Crippen LogP) is 0.598. The zero-order chi connectivity index (χ0) is 8.49. The summed E-state index contributed by atoms with van der Waals surface area (Å²) in [5.74, 6) is 0. The highest BCUT2D eigenvalue weighted by Crippen LogP contribution is 2.01. The van der Waals surface area contributed by atoms with Gasteiger partial charge in [0.15, 0.2) is 19.5 Å². The van der Waals surface area contributed by atoms with Crippen molar-refractivity contribution in [2.75, 3.05) is 13.2 Å². The fourth-order valence-electron chi connectivity index (χ4n) is 1.37. The molecule has 2 saturated heterocycles. The van der Waals surface area contributed by atoms with Gasteiger partial charge in [-0.15, -0.1) is 0 Å². The van der Waals surface area contributed by atoms with E-state index in [-0.39, 0.29) is 19.5 Å². The summed E-state index contributed by atoms with van der Waals surface area (Å²) in [6, 6.07) is 2.83. The average Bonchev–Trinajstić information content (AvgIpc) is 2.24. The maximum absolute atomic E-state index is 5.21. The minimum absolute atomic E-state index is 0.00849. The minimum atomic E-state index is 0.00849. The van der Waals surface area contributed by atoms with Crippen LogP contribution in [0, 0.1) is 0 Å². The molecule has 0 radical (unpaired) electrons. The molecule has 0 aliphatic carbocycles. The Balaban J connectivity index is 0.000000120. The van der Waals surface area contributed by atoms with E-state index in [1.807, 2.05) is 0 Å². The molecule has 0 aromatic carbocycles. The van der Waals surface area contributed by atoms with E-state index in [1.54, 1.807) is 0 Å². The van der Waals surface area contributed by atoms with Crippen molar-refractivity contribution in [3.8, 4) is 0 Å². The van der Waals surface area contributed by atoms with Gasteiger partial charge in [-0.3, -0.25) is 0 Å². The Kier molecular flexibility index (Phi) is 6.93. The SMILES string of the molecule is C1CC[SiH2]OC1.C1CC[SiH2]OC1. The highest BCUT2D eigenvalue weighted by Gasteiger charge is 1.96. The van der Waals surface area contributed by atoms with E-state index in [9.17, 15) is 0 Å². The van der Waals surface area contributed by atoms with Crippen LogP contribution in [0.2, 0.25) is 12.1 Å². The van der Waals surface area contributed by atoms with Gasteiger partial charge in [0.2, 0.25) is 0 Å². The lowest BCUT2D eigenvalue weighted by molar-refractivity contribution is 0.304. The van der Waals surface area contributed by atoms with Gasteiger partial charge in [-0.1, -0.05) is 12.8 Å². The van der Waals surface area contributed by atoms with Crippen LogP contribution in [-0.4, -0.2) is 32.7 Å². The maximum atomic E-state index is 5.21. The molecule has 2 aliphatic rings. The molecule has 0 N–H and O–H groups in total. The van der Waals surface area contributed by atoms with Crippen LogP contribution in [0.4, 0.5) is 0 Å². The number of rotatable bonds is 0. The molecule has 2 rings (SSSR count). The van der Waals surface area contributed by atoms with E-state index < -0.39 is 0 Å². The first-order chi connectivity index (χ1) is 6.00. The van der Waals surface area contributed by atoms with Crippen LogP contribution in [-0.2, 0) is 8.85 Å². The quantitative estimate of drug-likeness (QED) is 0.538. The molecule has 0 saturated carbocycles. The largest absolute Gasteiger partial charge is 0.424 e. The van der Waals surface area contributed by atoms with Gasteiger partial charge in [-0.25, -0.2) is 0 Å². The monoisotopic (exact) mass is 204 g/mol. The van der Waals surface area contributed by atoms with Crippen LogP contribution in [0.1, 0.15) is 25.7 Å². The molecule has 0 unspecified atom stereocenters. The lowest BCUT2D eigenvalue weighted by Crippen LogP contribution is -2.06. The topological polar surface area (TPSA) is 18.5 Å². The first kappa shape index (κ1) is 10.4. The smallest absolute Gasteiger partial charge is 0.161 e.